The molecule has 4 aromatic rings. The third kappa shape index (κ3) is 4.35. The van der Waals surface area contributed by atoms with Crippen LogP contribution < -0.4 is 0 Å². The second-order valence-electron chi connectivity index (χ2n) is 7.03. The van der Waals surface area contributed by atoms with Crippen LogP contribution in [-0.2, 0) is 6.18 Å². The number of aromatic carboxylic acids is 1. The highest BCUT2D eigenvalue weighted by molar-refractivity contribution is 6.03. The average molecular weight is 423 g/mol. The summed E-state index contributed by atoms with van der Waals surface area (Å²) in [7, 11) is 0. The van der Waals surface area contributed by atoms with Crippen LogP contribution in [0.4, 0.5) is 13.2 Å². The van der Waals surface area contributed by atoms with Gasteiger partial charge in [0.05, 0.1) is 22.3 Å². The molecule has 2 aromatic carbocycles. The van der Waals surface area contributed by atoms with Crippen molar-refractivity contribution in [3.8, 4) is 11.3 Å². The van der Waals surface area contributed by atoms with Gasteiger partial charge in [0, 0.05) is 10.9 Å². The second-order valence-corrected chi connectivity index (χ2v) is 7.03. The molecule has 0 aliphatic heterocycles. The number of alkyl halides is 3. The lowest BCUT2D eigenvalue weighted by Gasteiger charge is -2.07. The molecular formula is C24H16F3NO3. The summed E-state index contributed by atoms with van der Waals surface area (Å²) >= 11 is 0. The molecule has 0 aliphatic rings. The molecule has 4 nitrogen and oxygen atoms in total. The van der Waals surface area contributed by atoms with Crippen molar-refractivity contribution in [2.45, 2.75) is 13.1 Å². The molecule has 0 unspecified atom stereocenters. The first-order valence-electron chi connectivity index (χ1n) is 9.31. The average Bonchev–Trinajstić information content (AvgIpc) is 3.20. The number of furan rings is 1. The first kappa shape index (κ1) is 20.4. The largest absolute Gasteiger partial charge is 0.478 e. The highest BCUT2D eigenvalue weighted by atomic mass is 19.4. The summed E-state index contributed by atoms with van der Waals surface area (Å²) in [6, 6.07) is 14.9. The summed E-state index contributed by atoms with van der Waals surface area (Å²) in [5.74, 6) is -0.369. The van der Waals surface area contributed by atoms with Gasteiger partial charge in [-0.2, -0.15) is 13.2 Å². The Kier molecular flexibility index (Phi) is 5.10. The summed E-state index contributed by atoms with van der Waals surface area (Å²) < 4.78 is 44.4. The van der Waals surface area contributed by atoms with Gasteiger partial charge < -0.3 is 9.52 Å². The summed E-state index contributed by atoms with van der Waals surface area (Å²) in [5, 5.41) is 10.1. The number of halogens is 3. The van der Waals surface area contributed by atoms with Crippen LogP contribution in [0.25, 0.3) is 34.4 Å². The van der Waals surface area contributed by atoms with Gasteiger partial charge in [-0.05, 0) is 61.5 Å². The minimum absolute atomic E-state index is 0.137. The standard InChI is InChI=1S/C24H16F3NO3/c1-14-5-9-21-19(11-14)20(23(29)30)13-17(28-21)6-7-18-8-10-22(31-18)15-3-2-4-16(12-15)24(25,26)27/h2-13H,1H3,(H,29,30). The number of benzene rings is 2. The summed E-state index contributed by atoms with van der Waals surface area (Å²) in [6.07, 6.45) is -1.25. The zero-order valence-corrected chi connectivity index (χ0v) is 16.3. The van der Waals surface area contributed by atoms with E-state index in [0.717, 1.165) is 17.7 Å². The van der Waals surface area contributed by atoms with E-state index >= 15 is 0 Å². The van der Waals surface area contributed by atoms with Crippen LogP contribution in [-0.4, -0.2) is 16.1 Å². The monoisotopic (exact) mass is 423 g/mol. The number of aromatic nitrogens is 1. The molecule has 0 atom stereocenters. The number of rotatable bonds is 4. The van der Waals surface area contributed by atoms with Crippen LogP contribution in [0.2, 0.25) is 0 Å². The van der Waals surface area contributed by atoms with Crippen molar-refractivity contribution in [1.82, 2.24) is 4.98 Å². The van der Waals surface area contributed by atoms with Gasteiger partial charge in [0.1, 0.15) is 11.5 Å². The molecule has 0 spiro atoms. The molecule has 1 N–H and O–H groups in total. The summed E-state index contributed by atoms with van der Waals surface area (Å²) in [4.78, 5) is 16.1. The predicted molar refractivity (Wildman–Crippen MR) is 112 cm³/mol. The van der Waals surface area contributed by atoms with Gasteiger partial charge in [-0.3, -0.25) is 0 Å². The van der Waals surface area contributed by atoms with Gasteiger partial charge in [-0.15, -0.1) is 0 Å². The molecular weight excluding hydrogens is 407 g/mol. The highest BCUT2D eigenvalue weighted by Crippen LogP contribution is 2.33. The van der Waals surface area contributed by atoms with Crippen molar-refractivity contribution in [1.29, 1.82) is 0 Å². The molecule has 31 heavy (non-hydrogen) atoms. The van der Waals surface area contributed by atoms with E-state index in [0.29, 0.717) is 33.7 Å². The van der Waals surface area contributed by atoms with E-state index in [1.54, 1.807) is 36.4 Å². The lowest BCUT2D eigenvalue weighted by molar-refractivity contribution is -0.137. The second kappa shape index (κ2) is 7.75. The van der Waals surface area contributed by atoms with E-state index in [-0.39, 0.29) is 5.56 Å². The molecule has 0 fully saturated rings. The first-order chi connectivity index (χ1) is 14.7. The van der Waals surface area contributed by atoms with Crippen molar-refractivity contribution in [2.24, 2.45) is 0 Å². The molecule has 0 saturated heterocycles. The van der Waals surface area contributed by atoms with Crippen molar-refractivity contribution in [2.75, 3.05) is 0 Å². The number of carbonyl (C=O) groups is 1. The number of pyridine rings is 1. The van der Waals surface area contributed by atoms with Gasteiger partial charge in [-0.25, -0.2) is 9.78 Å². The van der Waals surface area contributed by atoms with E-state index in [1.165, 1.54) is 18.2 Å². The van der Waals surface area contributed by atoms with Gasteiger partial charge in [0.2, 0.25) is 0 Å². The Balaban J connectivity index is 1.65. The number of hydrogen-bond acceptors (Lipinski definition) is 3. The Morgan fingerprint density at radius 3 is 2.58 bits per heavy atom. The fourth-order valence-electron chi connectivity index (χ4n) is 3.24. The number of carboxylic acids is 1. The van der Waals surface area contributed by atoms with Crippen LogP contribution in [0.1, 0.15) is 32.9 Å². The number of hydrogen-bond donors (Lipinski definition) is 1. The minimum Gasteiger partial charge on any atom is -0.478 e. The molecule has 4 rings (SSSR count). The quantitative estimate of drug-likeness (QED) is 0.397. The molecule has 0 saturated carbocycles. The fraction of sp³-hybridized carbons (Fsp3) is 0.0833. The Morgan fingerprint density at radius 2 is 1.84 bits per heavy atom. The van der Waals surface area contributed by atoms with E-state index in [2.05, 4.69) is 4.98 Å². The van der Waals surface area contributed by atoms with Crippen molar-refractivity contribution in [3.63, 3.8) is 0 Å². The van der Waals surface area contributed by atoms with Gasteiger partial charge in [0.15, 0.2) is 0 Å². The molecule has 7 heteroatoms. The maximum absolute atomic E-state index is 12.9. The number of nitrogens with zero attached hydrogens (tertiary/aromatic N) is 1. The van der Waals surface area contributed by atoms with Crippen LogP contribution in [0.15, 0.2) is 65.1 Å². The van der Waals surface area contributed by atoms with Crippen molar-refractivity contribution in [3.05, 3.63) is 88.8 Å². The molecule has 0 bridgehead atoms. The number of fused-ring (bicyclic) bond motifs is 1. The summed E-state index contributed by atoms with van der Waals surface area (Å²) in [5.41, 5.74) is 1.59. The SMILES string of the molecule is Cc1ccc2nc(C=Cc3ccc(-c4cccc(C(F)(F)F)c4)o3)cc(C(=O)O)c2c1. The topological polar surface area (TPSA) is 63.3 Å². The van der Waals surface area contributed by atoms with Gasteiger partial charge in [-0.1, -0.05) is 23.8 Å². The molecule has 0 radical (unpaired) electrons. The van der Waals surface area contributed by atoms with Crippen molar-refractivity contribution < 1.29 is 27.5 Å². The lowest BCUT2D eigenvalue weighted by atomic mass is 10.1. The Labute approximate surface area is 175 Å². The van der Waals surface area contributed by atoms with E-state index in [1.807, 2.05) is 13.0 Å². The Bertz CT molecular complexity index is 1320. The molecule has 2 aromatic heterocycles. The normalized spacial score (nSPS) is 12.0. The molecule has 2 heterocycles. The maximum atomic E-state index is 12.9. The van der Waals surface area contributed by atoms with Gasteiger partial charge in [0.25, 0.3) is 0 Å². The zero-order valence-electron chi connectivity index (χ0n) is 16.3. The van der Waals surface area contributed by atoms with Crippen LogP contribution in [0.5, 0.6) is 0 Å². The van der Waals surface area contributed by atoms with Crippen LogP contribution >= 0.6 is 0 Å². The third-order valence-electron chi connectivity index (χ3n) is 4.73. The van der Waals surface area contributed by atoms with E-state index < -0.39 is 17.7 Å². The minimum atomic E-state index is -4.44. The van der Waals surface area contributed by atoms with Crippen LogP contribution in [0, 0.1) is 6.92 Å². The predicted octanol–water partition coefficient (Wildman–Crippen LogP) is 6.69. The number of aryl methyl sites for hydroxylation is 1. The maximum Gasteiger partial charge on any atom is 0.416 e. The Morgan fingerprint density at radius 1 is 1.03 bits per heavy atom. The Hall–Kier alpha value is -3.87. The summed E-state index contributed by atoms with van der Waals surface area (Å²) in [6.45, 7) is 1.87. The zero-order chi connectivity index (χ0) is 22.2. The highest BCUT2D eigenvalue weighted by Gasteiger charge is 2.30. The molecule has 156 valence electrons. The molecule has 0 aliphatic carbocycles. The third-order valence-corrected chi connectivity index (χ3v) is 4.73. The molecule has 0 amide bonds. The van der Waals surface area contributed by atoms with E-state index in [4.69, 9.17) is 4.42 Å². The van der Waals surface area contributed by atoms with Crippen molar-refractivity contribution >= 4 is 29.0 Å². The fourth-order valence-corrected chi connectivity index (χ4v) is 3.24. The smallest absolute Gasteiger partial charge is 0.416 e. The number of carboxylic acid groups (broad SMARTS) is 1. The van der Waals surface area contributed by atoms with E-state index in [9.17, 15) is 23.1 Å². The first-order valence-corrected chi connectivity index (χ1v) is 9.31. The van der Waals surface area contributed by atoms with Crippen LogP contribution in [0.3, 0.4) is 0 Å². The lowest BCUT2D eigenvalue weighted by Crippen LogP contribution is -2.04. The van der Waals surface area contributed by atoms with Gasteiger partial charge >= 0.3 is 12.1 Å².